The lowest BCUT2D eigenvalue weighted by atomic mass is 10.00. The molecule has 19 N–H and O–H groups in total. The summed E-state index contributed by atoms with van der Waals surface area (Å²) in [7, 11) is 0. The van der Waals surface area contributed by atoms with Gasteiger partial charge in [0.25, 0.3) is 0 Å². The Labute approximate surface area is 525 Å². The SMILES string of the molecule is CSCC[C@H](NC(=O)CN)C(=O)N[C@@H](C)C(=O)N[C@@H](C)C(=O)N[C@@H](Cc1cnc[nH]1)C(=O)N[C@H](Cc1c[nH]c2ccccc12)C(=O)N[C@H](CCCCN)C(=O)N[C@@H](Cc1c[nH]c2ccccc12)C(=O)N[C@H](Cc1ccccc1)C(=O)N[C@@H](CCCCN)C(=O)O. The molecule has 484 valence electrons. The molecule has 0 aliphatic carbocycles. The molecule has 0 bridgehead atoms. The van der Waals surface area contributed by atoms with E-state index in [0.717, 1.165) is 21.8 Å². The van der Waals surface area contributed by atoms with E-state index in [0.29, 0.717) is 60.4 Å². The van der Waals surface area contributed by atoms with Gasteiger partial charge in [0.2, 0.25) is 53.2 Å². The molecule has 0 aliphatic rings. The van der Waals surface area contributed by atoms with Crippen LogP contribution in [0.2, 0.25) is 0 Å². The molecule has 3 aromatic carbocycles. The van der Waals surface area contributed by atoms with Crippen LogP contribution >= 0.6 is 11.8 Å². The maximum Gasteiger partial charge on any atom is 0.326 e. The number of aromatic nitrogens is 4. The van der Waals surface area contributed by atoms with Crippen LogP contribution in [0.15, 0.2) is 104 Å². The number of carboxylic acids is 1. The van der Waals surface area contributed by atoms with Gasteiger partial charge >= 0.3 is 5.97 Å². The van der Waals surface area contributed by atoms with Crippen molar-refractivity contribution in [3.05, 3.63) is 126 Å². The lowest BCUT2D eigenvalue weighted by Gasteiger charge is -2.28. The van der Waals surface area contributed by atoms with Crippen LogP contribution in [0.1, 0.15) is 81.2 Å². The smallest absolute Gasteiger partial charge is 0.326 e. The molecule has 6 aromatic rings. The number of carbonyl (C=O) groups excluding carboxylic acids is 9. The molecule has 0 unspecified atom stereocenters. The number of fused-ring (bicyclic) bond motifs is 2. The van der Waals surface area contributed by atoms with Crippen LogP contribution in [0.3, 0.4) is 0 Å². The van der Waals surface area contributed by atoms with Crippen molar-refractivity contribution in [1.82, 2.24) is 67.8 Å². The molecule has 0 spiro atoms. The zero-order valence-corrected chi connectivity index (χ0v) is 51.6. The first kappa shape index (κ1) is 70.0. The predicted octanol–water partition coefficient (Wildman–Crippen LogP) is 0.100. The van der Waals surface area contributed by atoms with Crippen molar-refractivity contribution in [3.63, 3.8) is 0 Å². The maximum atomic E-state index is 15.1. The first-order valence-electron chi connectivity index (χ1n) is 30.0. The Bertz CT molecular complexity index is 3360. The van der Waals surface area contributed by atoms with Gasteiger partial charge in [0.05, 0.1) is 12.9 Å². The second-order valence-electron chi connectivity index (χ2n) is 21.9. The van der Waals surface area contributed by atoms with Crippen LogP contribution in [0.5, 0.6) is 0 Å². The third-order valence-electron chi connectivity index (χ3n) is 15.1. The zero-order valence-electron chi connectivity index (χ0n) is 50.7. The fraction of sp³-hybridized carbons (Fsp3) is 0.435. The minimum atomic E-state index is -1.44. The third kappa shape index (κ3) is 21.3. The number of hydrogen-bond donors (Lipinski definition) is 16. The topological polar surface area (TPSA) is 438 Å². The fourth-order valence-corrected chi connectivity index (χ4v) is 10.5. The second-order valence-corrected chi connectivity index (χ2v) is 22.9. The molecule has 28 heteroatoms. The van der Waals surface area contributed by atoms with Crippen LogP contribution < -0.4 is 65.1 Å². The molecule has 0 saturated carbocycles. The number of aliphatic carboxylic acids is 1. The van der Waals surface area contributed by atoms with Gasteiger partial charge in [-0.3, -0.25) is 43.2 Å². The van der Waals surface area contributed by atoms with E-state index in [1.165, 1.54) is 38.1 Å². The van der Waals surface area contributed by atoms with Gasteiger partial charge in [-0.05, 0) is 113 Å². The van der Waals surface area contributed by atoms with Crippen LogP contribution in [0.4, 0.5) is 0 Å². The molecule has 90 heavy (non-hydrogen) atoms. The number of nitrogens with one attached hydrogen (secondary N) is 12. The van der Waals surface area contributed by atoms with E-state index in [1.54, 1.807) is 48.8 Å². The second kappa shape index (κ2) is 35.8. The van der Waals surface area contributed by atoms with Crippen LogP contribution in [0, 0.1) is 0 Å². The highest BCUT2D eigenvalue weighted by atomic mass is 32.2. The quantitative estimate of drug-likeness (QED) is 0.0229. The Morgan fingerprint density at radius 1 is 0.478 bits per heavy atom. The van der Waals surface area contributed by atoms with Gasteiger partial charge in [0.15, 0.2) is 0 Å². The number of thioether (sulfide) groups is 1. The number of rotatable bonds is 38. The van der Waals surface area contributed by atoms with Crippen LogP contribution in [-0.4, -0.2) is 170 Å². The Kier molecular flexibility index (Phi) is 27.8. The molecule has 0 radical (unpaired) electrons. The van der Waals surface area contributed by atoms with Gasteiger partial charge in [0, 0.05) is 71.8 Å². The zero-order chi connectivity index (χ0) is 65.1. The van der Waals surface area contributed by atoms with E-state index in [4.69, 9.17) is 17.2 Å². The fourth-order valence-electron chi connectivity index (χ4n) is 10.1. The Morgan fingerprint density at radius 3 is 1.40 bits per heavy atom. The number of nitrogens with two attached hydrogens (primary N) is 3. The summed E-state index contributed by atoms with van der Waals surface area (Å²) in [5.74, 6) is -7.54. The van der Waals surface area contributed by atoms with Gasteiger partial charge in [0.1, 0.15) is 54.4 Å². The van der Waals surface area contributed by atoms with Crippen molar-refractivity contribution in [3.8, 4) is 0 Å². The summed E-state index contributed by atoms with van der Waals surface area (Å²) < 4.78 is 0. The average molecular weight is 1260 g/mol. The van der Waals surface area contributed by atoms with Gasteiger partial charge in [-0.25, -0.2) is 9.78 Å². The van der Waals surface area contributed by atoms with E-state index in [9.17, 15) is 43.5 Å². The van der Waals surface area contributed by atoms with Crippen molar-refractivity contribution in [2.45, 2.75) is 139 Å². The van der Waals surface area contributed by atoms with Gasteiger partial charge in [-0.2, -0.15) is 11.8 Å². The van der Waals surface area contributed by atoms with Gasteiger partial charge in [-0.15, -0.1) is 0 Å². The highest BCUT2D eigenvalue weighted by molar-refractivity contribution is 7.98. The molecular weight excluding hydrogens is 1180 g/mol. The van der Waals surface area contributed by atoms with Crippen molar-refractivity contribution < 1.29 is 53.1 Å². The maximum absolute atomic E-state index is 15.1. The number of carbonyl (C=O) groups is 10. The lowest BCUT2D eigenvalue weighted by Crippen LogP contribution is -2.61. The highest BCUT2D eigenvalue weighted by Crippen LogP contribution is 2.22. The van der Waals surface area contributed by atoms with Crippen LogP contribution in [0.25, 0.3) is 21.8 Å². The molecule has 3 heterocycles. The molecule has 27 nitrogen and oxygen atoms in total. The number of nitrogens with zero attached hydrogens (tertiary/aromatic N) is 1. The van der Waals surface area contributed by atoms with E-state index in [-0.39, 0.29) is 58.0 Å². The molecule has 9 atom stereocenters. The first-order valence-corrected chi connectivity index (χ1v) is 31.4. The molecule has 0 saturated heterocycles. The number of benzene rings is 3. The largest absolute Gasteiger partial charge is 0.480 e. The summed E-state index contributed by atoms with van der Waals surface area (Å²) in [6, 6.07) is 11.7. The number of aromatic amines is 3. The summed E-state index contributed by atoms with van der Waals surface area (Å²) in [4.78, 5) is 152. The minimum absolute atomic E-state index is 0.0115. The number of H-pyrrole nitrogens is 3. The van der Waals surface area contributed by atoms with Crippen molar-refractivity contribution in [1.29, 1.82) is 0 Å². The number of unbranched alkanes of at least 4 members (excludes halogenated alkanes) is 2. The number of imidazole rings is 1. The monoisotopic (exact) mass is 1260 g/mol. The van der Waals surface area contributed by atoms with Crippen molar-refractivity contribution in [2.75, 3.05) is 31.6 Å². The molecule has 0 fully saturated rings. The van der Waals surface area contributed by atoms with E-state index in [1.807, 2.05) is 48.7 Å². The average Bonchev–Trinajstić information content (AvgIpc) is 2.14. The number of para-hydroxylation sites is 2. The van der Waals surface area contributed by atoms with Gasteiger partial charge in [-0.1, -0.05) is 66.7 Å². The third-order valence-corrected chi connectivity index (χ3v) is 15.7. The molecule has 3 aromatic heterocycles. The highest BCUT2D eigenvalue weighted by Gasteiger charge is 2.36. The Hall–Kier alpha value is -9.12. The molecule has 9 amide bonds. The minimum Gasteiger partial charge on any atom is -0.480 e. The van der Waals surface area contributed by atoms with E-state index < -0.39 is 114 Å². The number of carboxylic acid groups (broad SMARTS) is 1. The van der Waals surface area contributed by atoms with E-state index >= 15 is 9.59 Å². The van der Waals surface area contributed by atoms with Gasteiger partial charge < -0.3 is 85.1 Å². The Morgan fingerprint density at radius 2 is 0.900 bits per heavy atom. The lowest BCUT2D eigenvalue weighted by molar-refractivity contribution is -0.142. The van der Waals surface area contributed by atoms with Crippen LogP contribution in [-0.2, 0) is 73.6 Å². The summed E-state index contributed by atoms with van der Waals surface area (Å²) >= 11 is 1.45. The van der Waals surface area contributed by atoms with E-state index in [2.05, 4.69) is 67.8 Å². The summed E-state index contributed by atoms with van der Waals surface area (Å²) in [5.41, 5.74) is 20.8. The van der Waals surface area contributed by atoms with Crippen molar-refractivity contribution in [2.24, 2.45) is 17.2 Å². The summed E-state index contributed by atoms with van der Waals surface area (Å²) in [6.07, 6.45) is 9.60. The normalized spacial score (nSPS) is 14.2. The molecular formula is C62H84N16O11S. The first-order chi connectivity index (χ1) is 43.3. The molecule has 0 aliphatic heterocycles. The summed E-state index contributed by atoms with van der Waals surface area (Å²) in [6.45, 7) is 2.98. The number of amides is 9. The Balaban J connectivity index is 1.27. The number of hydrogen-bond acceptors (Lipinski definition) is 15. The summed E-state index contributed by atoms with van der Waals surface area (Å²) in [5, 5.41) is 35.8. The van der Waals surface area contributed by atoms with Crippen molar-refractivity contribution >= 4 is 92.7 Å². The predicted molar refractivity (Wildman–Crippen MR) is 341 cm³/mol. The molecule has 6 rings (SSSR count). The standard InChI is InChI=1S/C62H84N16O11S/c1-36(71-56(82)47(23-26-90-3)72-53(79)31-65)54(80)70-37(2)55(81)75-52(30-41-34-66-35-69-41)61(87)78-50(28-39-32-67-44-19-9-7-17-42(39)44)59(85)73-46(21-11-13-24-63)57(83)77-51(29-40-33-68-45-20-10-8-18-43(40)45)60(86)76-49(27-38-15-5-4-6-16-38)58(84)74-48(62(88)89)22-12-14-25-64/h4-10,15-20,32-37,46-52,67-68H,11-14,21-31,63-65H2,1-3H3,(H,66,69)(H,70,80)(H,71,82)(H,72,79)(H,73,85)(H,74,84)(H,75,81)(H,76,86)(H,77,83)(H,78,87)(H,88,89)/t36-,37-,46+,47-,48-,49+,50+,51-,52-/m0/s1.